The van der Waals surface area contributed by atoms with E-state index in [2.05, 4.69) is 5.32 Å². The molecule has 1 N–H and O–H groups in total. The molecule has 1 aliphatic rings. The van der Waals surface area contributed by atoms with E-state index in [1.165, 1.54) is 12.1 Å². The number of anilines is 1. The number of nitrogens with one attached hydrogen (secondary N) is 1. The predicted octanol–water partition coefficient (Wildman–Crippen LogP) is 3.78. The number of rotatable bonds is 2. The molecule has 6 heteroatoms. The molecule has 22 heavy (non-hydrogen) atoms. The lowest BCUT2D eigenvalue weighted by molar-refractivity contribution is 0.0206. The van der Waals surface area contributed by atoms with Gasteiger partial charge >= 0.3 is 6.09 Å². The molecular formula is C16H22F2N2O2. The molecule has 0 aromatic heterocycles. The van der Waals surface area contributed by atoms with Crippen LogP contribution in [0.5, 0.6) is 0 Å². The molecule has 1 amide bonds. The van der Waals surface area contributed by atoms with Crippen molar-refractivity contribution in [3.8, 4) is 0 Å². The van der Waals surface area contributed by atoms with E-state index in [1.807, 2.05) is 20.8 Å². The summed E-state index contributed by atoms with van der Waals surface area (Å²) >= 11 is 0. The highest BCUT2D eigenvalue weighted by Gasteiger charge is 2.27. The average molecular weight is 312 g/mol. The third-order valence-electron chi connectivity index (χ3n) is 3.36. The van der Waals surface area contributed by atoms with E-state index in [1.54, 1.807) is 4.90 Å². The molecule has 1 aliphatic heterocycles. The molecule has 1 fully saturated rings. The largest absolute Gasteiger partial charge is 0.444 e. The molecule has 122 valence electrons. The van der Waals surface area contributed by atoms with Crippen molar-refractivity contribution in [1.29, 1.82) is 0 Å². The van der Waals surface area contributed by atoms with Crippen LogP contribution >= 0.6 is 0 Å². The van der Waals surface area contributed by atoms with Gasteiger partial charge in [0.05, 0.1) is 5.69 Å². The van der Waals surface area contributed by atoms with Crippen molar-refractivity contribution in [2.75, 3.05) is 18.4 Å². The molecule has 1 aromatic carbocycles. The Morgan fingerprint density at radius 3 is 2.73 bits per heavy atom. The van der Waals surface area contributed by atoms with Crippen molar-refractivity contribution in [2.45, 2.75) is 45.3 Å². The number of carbonyl (C=O) groups excluding carboxylic acids is 1. The Balaban J connectivity index is 1.97. The fourth-order valence-corrected chi connectivity index (χ4v) is 2.41. The number of hydrogen-bond acceptors (Lipinski definition) is 3. The van der Waals surface area contributed by atoms with Crippen molar-refractivity contribution < 1.29 is 18.3 Å². The van der Waals surface area contributed by atoms with Gasteiger partial charge in [-0.15, -0.1) is 0 Å². The Hall–Kier alpha value is -1.85. The summed E-state index contributed by atoms with van der Waals surface area (Å²) in [6, 6.07) is 3.34. The van der Waals surface area contributed by atoms with Crippen LogP contribution < -0.4 is 5.32 Å². The Bertz CT molecular complexity index is 543. The summed E-state index contributed by atoms with van der Waals surface area (Å²) in [5, 5.41) is 3.03. The Labute approximate surface area is 129 Å². The van der Waals surface area contributed by atoms with Crippen LogP contribution in [0, 0.1) is 11.6 Å². The summed E-state index contributed by atoms with van der Waals surface area (Å²) in [6.45, 7) is 6.51. The average Bonchev–Trinajstić information content (AvgIpc) is 2.40. The van der Waals surface area contributed by atoms with Gasteiger partial charge in [-0.05, 0) is 45.7 Å². The zero-order valence-electron chi connectivity index (χ0n) is 13.2. The highest BCUT2D eigenvalue weighted by Crippen LogP contribution is 2.21. The van der Waals surface area contributed by atoms with Gasteiger partial charge in [0.15, 0.2) is 0 Å². The van der Waals surface area contributed by atoms with Gasteiger partial charge in [-0.3, -0.25) is 0 Å². The summed E-state index contributed by atoms with van der Waals surface area (Å²) in [7, 11) is 0. The molecule has 1 atom stereocenters. The third kappa shape index (κ3) is 4.58. The lowest BCUT2D eigenvalue weighted by Gasteiger charge is -2.34. The van der Waals surface area contributed by atoms with Crippen molar-refractivity contribution in [1.82, 2.24) is 4.90 Å². The number of piperidine rings is 1. The van der Waals surface area contributed by atoms with E-state index in [-0.39, 0.29) is 17.8 Å². The maximum Gasteiger partial charge on any atom is 0.410 e. The van der Waals surface area contributed by atoms with Crippen LogP contribution in [0.15, 0.2) is 18.2 Å². The lowest BCUT2D eigenvalue weighted by Crippen LogP contribution is -2.47. The predicted molar refractivity (Wildman–Crippen MR) is 80.8 cm³/mol. The lowest BCUT2D eigenvalue weighted by atomic mass is 10.1. The van der Waals surface area contributed by atoms with Crippen LogP contribution in [0.2, 0.25) is 0 Å². The van der Waals surface area contributed by atoms with Gasteiger partial charge in [-0.1, -0.05) is 0 Å². The molecule has 0 radical (unpaired) electrons. The van der Waals surface area contributed by atoms with E-state index >= 15 is 0 Å². The zero-order chi connectivity index (χ0) is 16.3. The number of carbonyl (C=O) groups is 1. The van der Waals surface area contributed by atoms with E-state index in [4.69, 9.17) is 4.74 Å². The van der Waals surface area contributed by atoms with Gasteiger partial charge in [0.25, 0.3) is 0 Å². The van der Waals surface area contributed by atoms with Gasteiger partial charge in [0, 0.05) is 25.2 Å². The van der Waals surface area contributed by atoms with E-state index in [0.29, 0.717) is 13.1 Å². The number of likely N-dealkylation sites (tertiary alicyclic amines) is 1. The molecule has 0 unspecified atom stereocenters. The highest BCUT2D eigenvalue weighted by molar-refractivity contribution is 5.68. The number of benzene rings is 1. The third-order valence-corrected chi connectivity index (χ3v) is 3.36. The second kappa shape index (κ2) is 6.50. The second-order valence-electron chi connectivity index (χ2n) is 6.53. The van der Waals surface area contributed by atoms with Gasteiger partial charge in [0.1, 0.15) is 17.2 Å². The molecule has 4 nitrogen and oxygen atoms in total. The maximum absolute atomic E-state index is 13.7. The van der Waals surface area contributed by atoms with Crippen LogP contribution in [-0.4, -0.2) is 35.7 Å². The minimum atomic E-state index is -0.630. The summed E-state index contributed by atoms with van der Waals surface area (Å²) in [6.07, 6.45) is 1.26. The molecular weight excluding hydrogens is 290 g/mol. The SMILES string of the molecule is CC(C)(C)OC(=O)N1CCC[C@@H](Nc2ccc(F)cc2F)C1. The van der Waals surface area contributed by atoms with Crippen LogP contribution in [0.1, 0.15) is 33.6 Å². The monoisotopic (exact) mass is 312 g/mol. The molecule has 0 spiro atoms. The zero-order valence-corrected chi connectivity index (χ0v) is 13.2. The number of nitrogens with zero attached hydrogens (tertiary/aromatic N) is 1. The smallest absolute Gasteiger partial charge is 0.410 e. The number of ether oxygens (including phenoxy) is 1. The number of halogens is 2. The summed E-state index contributed by atoms with van der Waals surface area (Å²) in [4.78, 5) is 13.7. The first-order valence-corrected chi connectivity index (χ1v) is 7.44. The van der Waals surface area contributed by atoms with Gasteiger partial charge in [-0.25, -0.2) is 13.6 Å². The van der Waals surface area contributed by atoms with Crippen LogP contribution in [0.3, 0.4) is 0 Å². The normalized spacial score (nSPS) is 19.0. The fourth-order valence-electron chi connectivity index (χ4n) is 2.41. The topological polar surface area (TPSA) is 41.6 Å². The van der Waals surface area contributed by atoms with Crippen LogP contribution in [0.25, 0.3) is 0 Å². The Morgan fingerprint density at radius 1 is 1.36 bits per heavy atom. The standard InChI is InChI=1S/C16H22F2N2O2/c1-16(2,3)22-15(21)20-8-4-5-12(10-20)19-14-7-6-11(17)9-13(14)18/h6-7,9,12,19H,4-5,8,10H2,1-3H3/t12-/m1/s1. The Kier molecular flexibility index (Phi) is 4.88. The highest BCUT2D eigenvalue weighted by atomic mass is 19.1. The summed E-state index contributed by atoms with van der Waals surface area (Å²) in [5.41, 5.74) is -0.294. The van der Waals surface area contributed by atoms with E-state index < -0.39 is 17.2 Å². The van der Waals surface area contributed by atoms with Crippen molar-refractivity contribution in [3.63, 3.8) is 0 Å². The Morgan fingerprint density at radius 2 is 2.09 bits per heavy atom. The van der Waals surface area contributed by atoms with Gasteiger partial charge < -0.3 is 15.0 Å². The molecule has 1 heterocycles. The van der Waals surface area contributed by atoms with E-state index in [0.717, 1.165) is 18.9 Å². The van der Waals surface area contributed by atoms with Crippen molar-refractivity contribution in [3.05, 3.63) is 29.8 Å². The molecule has 2 rings (SSSR count). The first kappa shape index (κ1) is 16.5. The summed E-state index contributed by atoms with van der Waals surface area (Å²) < 4.78 is 31.9. The molecule has 0 saturated carbocycles. The van der Waals surface area contributed by atoms with Gasteiger partial charge in [0.2, 0.25) is 0 Å². The quantitative estimate of drug-likeness (QED) is 0.903. The van der Waals surface area contributed by atoms with Crippen LogP contribution in [-0.2, 0) is 4.74 Å². The minimum absolute atomic E-state index is 0.0822. The van der Waals surface area contributed by atoms with Crippen molar-refractivity contribution in [2.24, 2.45) is 0 Å². The maximum atomic E-state index is 13.7. The second-order valence-corrected chi connectivity index (χ2v) is 6.53. The minimum Gasteiger partial charge on any atom is -0.444 e. The molecule has 0 bridgehead atoms. The van der Waals surface area contributed by atoms with Crippen LogP contribution in [0.4, 0.5) is 19.3 Å². The summed E-state index contributed by atoms with van der Waals surface area (Å²) in [5.74, 6) is -1.24. The van der Waals surface area contributed by atoms with Gasteiger partial charge in [-0.2, -0.15) is 0 Å². The van der Waals surface area contributed by atoms with E-state index in [9.17, 15) is 13.6 Å². The number of amides is 1. The molecule has 0 aliphatic carbocycles. The first-order chi connectivity index (χ1) is 10.2. The van der Waals surface area contributed by atoms with Crippen molar-refractivity contribution >= 4 is 11.8 Å². The fraction of sp³-hybridized carbons (Fsp3) is 0.562. The number of hydrogen-bond donors (Lipinski definition) is 1. The molecule has 1 saturated heterocycles. The first-order valence-electron chi connectivity index (χ1n) is 7.44. The molecule has 1 aromatic rings.